The second-order valence-electron chi connectivity index (χ2n) is 8.57. The first-order chi connectivity index (χ1) is 12.1. The second-order valence-corrected chi connectivity index (χ2v) is 8.57. The third-order valence-electron chi connectivity index (χ3n) is 6.66. The van der Waals surface area contributed by atoms with Crippen molar-refractivity contribution in [3.8, 4) is 0 Å². The van der Waals surface area contributed by atoms with Gasteiger partial charge in [-0.25, -0.2) is 0 Å². The van der Waals surface area contributed by atoms with Gasteiger partial charge in [0.2, 0.25) is 5.91 Å². The fourth-order valence-electron chi connectivity index (χ4n) is 5.04. The van der Waals surface area contributed by atoms with E-state index in [0.29, 0.717) is 11.8 Å². The van der Waals surface area contributed by atoms with Gasteiger partial charge in [-0.15, -0.1) is 0 Å². The number of benzene rings is 1. The van der Waals surface area contributed by atoms with E-state index in [9.17, 15) is 4.79 Å². The van der Waals surface area contributed by atoms with Crippen LogP contribution >= 0.6 is 0 Å². The van der Waals surface area contributed by atoms with Crippen molar-refractivity contribution < 1.29 is 9.53 Å². The van der Waals surface area contributed by atoms with E-state index in [1.807, 2.05) is 6.07 Å². The van der Waals surface area contributed by atoms with Gasteiger partial charge in [0, 0.05) is 32.8 Å². The first kappa shape index (κ1) is 17.0. The van der Waals surface area contributed by atoms with Crippen LogP contribution in [0.1, 0.15) is 31.2 Å². The zero-order valence-corrected chi connectivity index (χ0v) is 15.5. The zero-order valence-electron chi connectivity index (χ0n) is 15.5. The highest BCUT2D eigenvalue weighted by atomic mass is 16.5. The zero-order chi connectivity index (χ0) is 17.5. The summed E-state index contributed by atoms with van der Waals surface area (Å²) in [6, 6.07) is 10.4. The standard InChI is InChI=1S/C21H30N2O2/c1-22(2)14-18-15-23(16-20(18)10-12-25-13-11-20)19(24)21(8-9-21)17-6-4-3-5-7-17/h3-7,18H,8-16H2,1-2H3/t18-/m0/s1. The molecule has 4 nitrogen and oxygen atoms in total. The molecule has 0 aromatic heterocycles. The van der Waals surface area contributed by atoms with Crippen molar-refractivity contribution in [1.82, 2.24) is 9.80 Å². The lowest BCUT2D eigenvalue weighted by atomic mass is 9.72. The van der Waals surface area contributed by atoms with Gasteiger partial charge in [-0.05, 0) is 56.7 Å². The highest BCUT2D eigenvalue weighted by Gasteiger charge is 2.57. The van der Waals surface area contributed by atoms with Crippen molar-refractivity contribution in [3.05, 3.63) is 35.9 Å². The summed E-state index contributed by atoms with van der Waals surface area (Å²) in [5.41, 5.74) is 1.23. The first-order valence-corrected chi connectivity index (χ1v) is 9.63. The third kappa shape index (κ3) is 3.00. The van der Waals surface area contributed by atoms with E-state index in [-0.39, 0.29) is 10.8 Å². The molecule has 2 heterocycles. The summed E-state index contributed by atoms with van der Waals surface area (Å²) in [5.74, 6) is 0.924. The molecule has 0 N–H and O–H groups in total. The van der Waals surface area contributed by atoms with Crippen molar-refractivity contribution in [2.24, 2.45) is 11.3 Å². The van der Waals surface area contributed by atoms with E-state index in [1.165, 1.54) is 5.56 Å². The van der Waals surface area contributed by atoms with E-state index in [4.69, 9.17) is 4.74 Å². The Morgan fingerprint density at radius 1 is 1.16 bits per heavy atom. The lowest BCUT2D eigenvalue weighted by Gasteiger charge is -2.39. The van der Waals surface area contributed by atoms with Crippen molar-refractivity contribution in [3.63, 3.8) is 0 Å². The minimum absolute atomic E-state index is 0.235. The molecule has 2 aliphatic heterocycles. The van der Waals surface area contributed by atoms with Crippen LogP contribution in [0.3, 0.4) is 0 Å². The Hall–Kier alpha value is -1.39. The lowest BCUT2D eigenvalue weighted by molar-refractivity contribution is -0.133. The maximum absolute atomic E-state index is 13.5. The second kappa shape index (κ2) is 6.40. The number of hydrogen-bond acceptors (Lipinski definition) is 3. The SMILES string of the molecule is CN(C)C[C@H]1CN(C(=O)C2(c3ccccc3)CC2)CC12CCOCC2. The first-order valence-electron chi connectivity index (χ1n) is 9.63. The summed E-state index contributed by atoms with van der Waals surface area (Å²) in [7, 11) is 4.29. The van der Waals surface area contributed by atoms with E-state index in [2.05, 4.69) is 48.2 Å². The Balaban J connectivity index is 1.56. The molecule has 1 aliphatic carbocycles. The van der Waals surface area contributed by atoms with E-state index < -0.39 is 0 Å². The third-order valence-corrected chi connectivity index (χ3v) is 6.66. The smallest absolute Gasteiger partial charge is 0.233 e. The summed E-state index contributed by atoms with van der Waals surface area (Å²) in [4.78, 5) is 17.9. The van der Waals surface area contributed by atoms with Gasteiger partial charge < -0.3 is 14.5 Å². The molecule has 0 unspecified atom stereocenters. The molecule has 3 aliphatic rings. The van der Waals surface area contributed by atoms with Crippen molar-refractivity contribution in [2.75, 3.05) is 46.9 Å². The number of ether oxygens (including phenoxy) is 1. The molecule has 136 valence electrons. The average molecular weight is 342 g/mol. The molecule has 0 radical (unpaired) electrons. The molecule has 1 amide bonds. The molecule has 4 heteroatoms. The quantitative estimate of drug-likeness (QED) is 0.843. The molecular formula is C21H30N2O2. The van der Waals surface area contributed by atoms with E-state index in [1.54, 1.807) is 0 Å². The number of amides is 1. The number of carbonyl (C=O) groups is 1. The van der Waals surface area contributed by atoms with Crippen LogP contribution in [0.15, 0.2) is 30.3 Å². The maximum atomic E-state index is 13.5. The molecule has 2 saturated heterocycles. The van der Waals surface area contributed by atoms with Crippen molar-refractivity contribution in [2.45, 2.75) is 31.1 Å². The van der Waals surface area contributed by atoms with Gasteiger partial charge in [0.25, 0.3) is 0 Å². The molecule has 25 heavy (non-hydrogen) atoms. The molecule has 4 rings (SSSR count). The fourth-order valence-corrected chi connectivity index (χ4v) is 5.04. The predicted molar refractivity (Wildman–Crippen MR) is 98.5 cm³/mol. The number of likely N-dealkylation sites (tertiary alicyclic amines) is 1. The Bertz CT molecular complexity index is 618. The van der Waals surface area contributed by atoms with Crippen LogP contribution < -0.4 is 0 Å². The summed E-state index contributed by atoms with van der Waals surface area (Å²) in [6.45, 7) is 4.57. The van der Waals surface area contributed by atoms with Gasteiger partial charge in [0.05, 0.1) is 5.41 Å². The fraction of sp³-hybridized carbons (Fsp3) is 0.667. The largest absolute Gasteiger partial charge is 0.381 e. The van der Waals surface area contributed by atoms with Gasteiger partial charge in [-0.1, -0.05) is 30.3 Å². The van der Waals surface area contributed by atoms with E-state index >= 15 is 0 Å². The summed E-state index contributed by atoms with van der Waals surface area (Å²) in [5, 5.41) is 0. The van der Waals surface area contributed by atoms with Crippen molar-refractivity contribution in [1.29, 1.82) is 0 Å². The van der Waals surface area contributed by atoms with Gasteiger partial charge >= 0.3 is 0 Å². The highest BCUT2D eigenvalue weighted by molar-refractivity contribution is 5.91. The normalized spacial score (nSPS) is 27.0. The van der Waals surface area contributed by atoms with Crippen LogP contribution in [0.25, 0.3) is 0 Å². The van der Waals surface area contributed by atoms with Gasteiger partial charge in [-0.2, -0.15) is 0 Å². The topological polar surface area (TPSA) is 32.8 Å². The molecule has 1 spiro atoms. The van der Waals surface area contributed by atoms with Crippen LogP contribution in [-0.2, 0) is 14.9 Å². The minimum atomic E-state index is -0.235. The van der Waals surface area contributed by atoms with E-state index in [0.717, 1.165) is 58.5 Å². The number of nitrogens with zero attached hydrogens (tertiary/aromatic N) is 2. The minimum Gasteiger partial charge on any atom is -0.381 e. The van der Waals surface area contributed by atoms with Crippen LogP contribution in [0.4, 0.5) is 0 Å². The molecule has 1 saturated carbocycles. The predicted octanol–water partition coefficient (Wildman–Crippen LogP) is 2.54. The monoisotopic (exact) mass is 342 g/mol. The van der Waals surface area contributed by atoms with Gasteiger partial charge in [-0.3, -0.25) is 4.79 Å². The van der Waals surface area contributed by atoms with Crippen LogP contribution in [0.5, 0.6) is 0 Å². The lowest BCUT2D eigenvalue weighted by Crippen LogP contribution is -2.41. The van der Waals surface area contributed by atoms with Crippen LogP contribution in [-0.4, -0.2) is 62.7 Å². The molecule has 3 fully saturated rings. The molecule has 1 aromatic carbocycles. The highest BCUT2D eigenvalue weighted by Crippen LogP contribution is 2.52. The average Bonchev–Trinajstić information content (AvgIpc) is 3.37. The van der Waals surface area contributed by atoms with Crippen LogP contribution in [0, 0.1) is 11.3 Å². The van der Waals surface area contributed by atoms with Gasteiger partial charge in [0.15, 0.2) is 0 Å². The Morgan fingerprint density at radius 2 is 1.84 bits per heavy atom. The Kier molecular flexibility index (Phi) is 4.37. The molecule has 1 atom stereocenters. The number of hydrogen-bond donors (Lipinski definition) is 0. The molecule has 0 bridgehead atoms. The maximum Gasteiger partial charge on any atom is 0.233 e. The van der Waals surface area contributed by atoms with Crippen molar-refractivity contribution >= 4 is 5.91 Å². The molecule has 1 aromatic rings. The Labute approximate surface area is 151 Å². The number of carbonyl (C=O) groups excluding carboxylic acids is 1. The van der Waals surface area contributed by atoms with Crippen LogP contribution in [0.2, 0.25) is 0 Å². The summed E-state index contributed by atoms with van der Waals surface area (Å²) in [6.07, 6.45) is 4.18. The Morgan fingerprint density at radius 3 is 2.44 bits per heavy atom. The number of rotatable bonds is 4. The summed E-state index contributed by atoms with van der Waals surface area (Å²) >= 11 is 0. The summed E-state index contributed by atoms with van der Waals surface area (Å²) < 4.78 is 5.64. The van der Waals surface area contributed by atoms with Gasteiger partial charge in [0.1, 0.15) is 0 Å². The molecular weight excluding hydrogens is 312 g/mol.